The highest BCUT2D eigenvalue weighted by atomic mass is 127. The monoisotopic (exact) mass is 528 g/mol. The van der Waals surface area contributed by atoms with Gasteiger partial charge >= 0.3 is 27.3 Å². The van der Waals surface area contributed by atoms with E-state index >= 15 is 0 Å². The molecule has 0 saturated carbocycles. The van der Waals surface area contributed by atoms with E-state index in [1.807, 2.05) is 22.6 Å². The Bertz CT molecular complexity index is 736. The smallest absolute Gasteiger partial charge is 0.425 e. The number of alkyl halides is 3. The van der Waals surface area contributed by atoms with Crippen LogP contribution in [0.15, 0.2) is 22.7 Å². The van der Waals surface area contributed by atoms with Gasteiger partial charge in [0, 0.05) is 0 Å². The SMILES string of the molecule is CC(I)C(=O)Oc1ccc(OC(=O)C(F)(F)S(=O)(=O)O)cc1Br. The molecule has 12 heteroatoms. The summed E-state index contributed by atoms with van der Waals surface area (Å²) in [6, 6.07) is 3.16. The van der Waals surface area contributed by atoms with Crippen molar-refractivity contribution in [3.8, 4) is 11.5 Å². The minimum absolute atomic E-state index is 0.0415. The molecule has 0 saturated heterocycles. The van der Waals surface area contributed by atoms with Crippen molar-refractivity contribution in [3.05, 3.63) is 22.7 Å². The van der Waals surface area contributed by atoms with Gasteiger partial charge in [0.05, 0.1) is 4.47 Å². The summed E-state index contributed by atoms with van der Waals surface area (Å²) in [5.41, 5.74) is 0. The molecule has 1 atom stereocenters. The fourth-order valence-electron chi connectivity index (χ4n) is 1.09. The van der Waals surface area contributed by atoms with Crippen LogP contribution in [0.5, 0.6) is 11.5 Å². The lowest BCUT2D eigenvalue weighted by molar-refractivity contribution is -0.151. The van der Waals surface area contributed by atoms with Crippen LogP contribution >= 0.6 is 38.5 Å². The molecule has 1 N–H and O–H groups in total. The topological polar surface area (TPSA) is 107 Å². The molecule has 0 aliphatic heterocycles. The van der Waals surface area contributed by atoms with Crippen LogP contribution < -0.4 is 9.47 Å². The van der Waals surface area contributed by atoms with Crippen molar-refractivity contribution in [1.82, 2.24) is 0 Å². The van der Waals surface area contributed by atoms with Gasteiger partial charge in [0.2, 0.25) is 0 Å². The maximum absolute atomic E-state index is 13.1. The number of rotatable bonds is 5. The minimum atomic E-state index is -5.96. The summed E-state index contributed by atoms with van der Waals surface area (Å²) in [5.74, 6) is -3.45. The number of ether oxygens (including phenoxy) is 2. The van der Waals surface area contributed by atoms with Crippen molar-refractivity contribution in [2.45, 2.75) is 16.1 Å². The van der Waals surface area contributed by atoms with Crippen molar-refractivity contribution in [1.29, 1.82) is 0 Å². The standard InChI is InChI=1S/C11H8BrF2IO7S/c1-5(15)9(16)22-8-3-2-6(4-7(8)12)21-10(17)11(13,14)23(18,19)20/h2-5H,1H3,(H,18,19,20). The summed E-state index contributed by atoms with van der Waals surface area (Å²) in [6.07, 6.45) is 0. The number of halogens is 4. The third-order valence-electron chi connectivity index (χ3n) is 2.21. The first-order valence-corrected chi connectivity index (χ1v) is 9.06. The predicted molar refractivity (Wildman–Crippen MR) is 85.4 cm³/mol. The molecule has 0 aliphatic rings. The maximum atomic E-state index is 13.1. The van der Waals surface area contributed by atoms with Gasteiger partial charge in [-0.1, -0.05) is 22.6 Å². The van der Waals surface area contributed by atoms with E-state index in [0.717, 1.165) is 18.2 Å². The van der Waals surface area contributed by atoms with Gasteiger partial charge in [0.15, 0.2) is 0 Å². The molecule has 0 fully saturated rings. The molecule has 1 rings (SSSR count). The molecule has 0 aliphatic carbocycles. The summed E-state index contributed by atoms with van der Waals surface area (Å²) in [4.78, 5) is 22.6. The van der Waals surface area contributed by atoms with E-state index in [2.05, 4.69) is 20.7 Å². The van der Waals surface area contributed by atoms with Crippen molar-refractivity contribution in [2.24, 2.45) is 0 Å². The van der Waals surface area contributed by atoms with Gasteiger partial charge in [0.1, 0.15) is 15.4 Å². The Hall–Kier alpha value is -0.860. The lowest BCUT2D eigenvalue weighted by Crippen LogP contribution is -2.40. The molecular weight excluding hydrogens is 521 g/mol. The van der Waals surface area contributed by atoms with Gasteiger partial charge < -0.3 is 9.47 Å². The van der Waals surface area contributed by atoms with Gasteiger partial charge in [-0.2, -0.15) is 17.2 Å². The summed E-state index contributed by atoms with van der Waals surface area (Å²) < 4.78 is 64.1. The largest absolute Gasteiger partial charge is 0.466 e. The van der Waals surface area contributed by atoms with Gasteiger partial charge in [0.25, 0.3) is 0 Å². The zero-order valence-corrected chi connectivity index (χ0v) is 15.7. The Morgan fingerprint density at radius 2 is 1.91 bits per heavy atom. The van der Waals surface area contributed by atoms with Crippen LogP contribution in [0.2, 0.25) is 0 Å². The quantitative estimate of drug-likeness (QED) is 0.206. The third-order valence-corrected chi connectivity index (χ3v) is 4.15. The second-order valence-corrected chi connectivity index (χ2v) is 8.20. The second kappa shape index (κ2) is 7.36. The number of carbonyl (C=O) groups is 2. The Labute approximate surface area is 151 Å². The van der Waals surface area contributed by atoms with E-state index in [9.17, 15) is 26.8 Å². The van der Waals surface area contributed by atoms with Gasteiger partial charge in [-0.05, 0) is 41.1 Å². The highest BCUT2D eigenvalue weighted by molar-refractivity contribution is 14.1. The highest BCUT2D eigenvalue weighted by Gasteiger charge is 2.54. The summed E-state index contributed by atoms with van der Waals surface area (Å²) in [5, 5.41) is -5.11. The molecule has 7 nitrogen and oxygen atoms in total. The lowest BCUT2D eigenvalue weighted by atomic mass is 10.3. The van der Waals surface area contributed by atoms with Crippen LogP contribution in [0, 0.1) is 0 Å². The molecule has 0 amide bonds. The second-order valence-electron chi connectivity index (χ2n) is 4.01. The van der Waals surface area contributed by atoms with Crippen LogP contribution in [0.3, 0.4) is 0 Å². The maximum Gasteiger partial charge on any atom is 0.466 e. The Balaban J connectivity index is 2.95. The normalized spacial score (nSPS) is 13.3. The Morgan fingerprint density at radius 3 is 2.35 bits per heavy atom. The Kier molecular flexibility index (Phi) is 6.46. The number of benzene rings is 1. The lowest BCUT2D eigenvalue weighted by Gasteiger charge is -2.13. The molecule has 0 bridgehead atoms. The molecule has 0 aromatic heterocycles. The first-order valence-electron chi connectivity index (χ1n) is 5.58. The number of hydrogen-bond acceptors (Lipinski definition) is 6. The van der Waals surface area contributed by atoms with Gasteiger partial charge in [-0.15, -0.1) is 0 Å². The van der Waals surface area contributed by atoms with Crippen LogP contribution in [0.25, 0.3) is 0 Å². The fraction of sp³-hybridized carbons (Fsp3) is 0.273. The van der Waals surface area contributed by atoms with Crippen LogP contribution in [0.1, 0.15) is 6.92 Å². The third kappa shape index (κ3) is 5.06. The number of hydrogen-bond donors (Lipinski definition) is 1. The van der Waals surface area contributed by atoms with E-state index < -0.39 is 37.0 Å². The summed E-state index contributed by atoms with van der Waals surface area (Å²) in [6.45, 7) is 1.59. The van der Waals surface area contributed by atoms with Gasteiger partial charge in [-0.25, -0.2) is 4.79 Å². The first kappa shape index (κ1) is 20.2. The summed E-state index contributed by atoms with van der Waals surface area (Å²) >= 11 is 4.80. The van der Waals surface area contributed by atoms with Crippen LogP contribution in [0.4, 0.5) is 8.78 Å². The highest BCUT2D eigenvalue weighted by Crippen LogP contribution is 2.31. The number of carbonyl (C=O) groups excluding carboxylic acids is 2. The van der Waals surface area contributed by atoms with Crippen molar-refractivity contribution < 1.29 is 40.8 Å². The minimum Gasteiger partial charge on any atom is -0.425 e. The van der Waals surface area contributed by atoms with E-state index in [1.54, 1.807) is 6.92 Å². The van der Waals surface area contributed by atoms with Crippen molar-refractivity contribution in [3.63, 3.8) is 0 Å². The van der Waals surface area contributed by atoms with E-state index in [-0.39, 0.29) is 10.2 Å². The zero-order chi connectivity index (χ0) is 18.0. The van der Waals surface area contributed by atoms with Crippen molar-refractivity contribution >= 4 is 60.6 Å². The molecule has 23 heavy (non-hydrogen) atoms. The Morgan fingerprint density at radius 1 is 1.35 bits per heavy atom. The van der Waals surface area contributed by atoms with E-state index in [0.29, 0.717) is 0 Å². The van der Waals surface area contributed by atoms with Crippen molar-refractivity contribution in [2.75, 3.05) is 0 Å². The molecule has 0 spiro atoms. The van der Waals surface area contributed by atoms with Crippen LogP contribution in [-0.4, -0.2) is 34.1 Å². The fourth-order valence-corrected chi connectivity index (χ4v) is 1.91. The molecule has 128 valence electrons. The van der Waals surface area contributed by atoms with E-state index in [1.165, 1.54) is 0 Å². The average molecular weight is 529 g/mol. The molecule has 0 heterocycles. The van der Waals surface area contributed by atoms with Gasteiger partial charge in [-0.3, -0.25) is 9.35 Å². The molecule has 1 unspecified atom stereocenters. The predicted octanol–water partition coefficient (Wildman–Crippen LogP) is 2.56. The molecular formula is C11H8BrF2IO7S. The average Bonchev–Trinajstić information content (AvgIpc) is 2.40. The van der Waals surface area contributed by atoms with Crippen LogP contribution in [-0.2, 0) is 19.7 Å². The number of esters is 2. The zero-order valence-electron chi connectivity index (χ0n) is 11.1. The molecule has 0 radical (unpaired) electrons. The molecule has 1 aromatic rings. The summed E-state index contributed by atoms with van der Waals surface area (Å²) in [7, 11) is -5.96. The first-order chi connectivity index (χ1) is 10.4. The van der Waals surface area contributed by atoms with E-state index in [4.69, 9.17) is 9.29 Å². The molecule has 1 aromatic carbocycles.